The zero-order valence-corrected chi connectivity index (χ0v) is 12.4. The van der Waals surface area contributed by atoms with Gasteiger partial charge in [-0.25, -0.2) is 0 Å². The van der Waals surface area contributed by atoms with Crippen molar-refractivity contribution < 1.29 is 4.79 Å². The largest absolute Gasteiger partial charge is 0.356 e. The third kappa shape index (κ3) is 7.72. The fraction of sp³-hybridized carbons (Fsp3) is 0.643. The Bertz CT molecular complexity index is 314. The van der Waals surface area contributed by atoms with E-state index in [1.54, 1.807) is 11.3 Å². The average Bonchev–Trinajstić information content (AvgIpc) is 2.87. The summed E-state index contributed by atoms with van der Waals surface area (Å²) in [5.74, 6) is 0.929. The number of thiophene rings is 1. The molecule has 1 amide bonds. The molecule has 1 rings (SSSR count). The molecule has 0 radical (unpaired) electrons. The summed E-state index contributed by atoms with van der Waals surface area (Å²) in [5, 5.41) is 5.05. The Morgan fingerprint density at radius 1 is 1.22 bits per heavy atom. The number of hydrogen-bond acceptors (Lipinski definition) is 2. The second-order valence-corrected chi connectivity index (χ2v) is 5.80. The molecule has 0 saturated carbocycles. The fourth-order valence-electron chi connectivity index (χ4n) is 1.77. The quantitative estimate of drug-likeness (QED) is 0.512. The Balaban J connectivity index is 1.91. The van der Waals surface area contributed by atoms with Gasteiger partial charge in [0.1, 0.15) is 0 Å². The van der Waals surface area contributed by atoms with Gasteiger partial charge in [0.2, 0.25) is 5.91 Å². The fourth-order valence-corrected chi connectivity index (χ4v) is 2.71. The molecule has 0 atom stereocenters. The maximum atomic E-state index is 11.5. The van der Waals surface area contributed by atoms with E-state index in [9.17, 15) is 4.79 Å². The van der Waals surface area contributed by atoms with Gasteiger partial charge in [0.15, 0.2) is 0 Å². The van der Waals surface area contributed by atoms with Gasteiger partial charge in [0.25, 0.3) is 0 Å². The average molecular weight is 288 g/mol. The number of rotatable bonds is 10. The van der Waals surface area contributed by atoms with Crippen molar-refractivity contribution in [1.29, 1.82) is 0 Å². The minimum absolute atomic E-state index is 0.184. The lowest BCUT2D eigenvalue weighted by Gasteiger charge is -2.04. The third-order valence-corrected chi connectivity index (χ3v) is 3.99. The van der Waals surface area contributed by atoms with Crippen LogP contribution < -0.4 is 5.32 Å². The van der Waals surface area contributed by atoms with Crippen LogP contribution in [0.4, 0.5) is 0 Å². The predicted molar refractivity (Wildman–Crippen MR) is 79.5 cm³/mol. The summed E-state index contributed by atoms with van der Waals surface area (Å²) in [4.78, 5) is 12.9. The number of carbonyl (C=O) groups excluding carboxylic acids is 1. The second kappa shape index (κ2) is 10.4. The first-order valence-corrected chi connectivity index (χ1v) is 8.09. The van der Waals surface area contributed by atoms with Gasteiger partial charge < -0.3 is 5.32 Å². The zero-order valence-electron chi connectivity index (χ0n) is 10.8. The second-order valence-electron chi connectivity index (χ2n) is 4.39. The van der Waals surface area contributed by atoms with Crippen LogP contribution in [0.1, 0.15) is 43.4 Å². The maximum Gasteiger partial charge on any atom is 0.220 e. The first-order valence-electron chi connectivity index (χ1n) is 6.68. The van der Waals surface area contributed by atoms with Crippen LogP contribution in [0, 0.1) is 0 Å². The Labute approximate surface area is 119 Å². The number of halogens is 1. The molecule has 0 unspecified atom stereocenters. The molecule has 102 valence electrons. The van der Waals surface area contributed by atoms with Crippen LogP contribution in [-0.4, -0.2) is 18.3 Å². The van der Waals surface area contributed by atoms with Crippen molar-refractivity contribution >= 4 is 28.8 Å². The molecular formula is C14H22ClNOS. The van der Waals surface area contributed by atoms with Crippen LogP contribution in [0.5, 0.6) is 0 Å². The third-order valence-electron chi connectivity index (χ3n) is 2.79. The minimum atomic E-state index is 0.184. The van der Waals surface area contributed by atoms with E-state index in [0.29, 0.717) is 6.42 Å². The van der Waals surface area contributed by atoms with E-state index in [4.69, 9.17) is 11.6 Å². The van der Waals surface area contributed by atoms with E-state index >= 15 is 0 Å². The van der Waals surface area contributed by atoms with Crippen molar-refractivity contribution in [3.8, 4) is 0 Å². The van der Waals surface area contributed by atoms with Gasteiger partial charge in [0, 0.05) is 23.7 Å². The highest BCUT2D eigenvalue weighted by Crippen LogP contribution is 2.11. The SMILES string of the molecule is O=C(CCCc1cccs1)NCCCCCCCl. The molecule has 0 bridgehead atoms. The standard InChI is InChI=1S/C14H22ClNOS/c15-10-3-1-2-4-11-16-14(17)9-5-7-13-8-6-12-18-13/h6,8,12H,1-5,7,9-11H2,(H,16,17). The van der Waals surface area contributed by atoms with Crippen LogP contribution in [0.25, 0.3) is 0 Å². The normalized spacial score (nSPS) is 10.5. The van der Waals surface area contributed by atoms with Crippen molar-refractivity contribution in [2.24, 2.45) is 0 Å². The summed E-state index contributed by atoms with van der Waals surface area (Å²) in [5.41, 5.74) is 0. The first kappa shape index (κ1) is 15.5. The van der Waals surface area contributed by atoms with Gasteiger partial charge in [-0.3, -0.25) is 4.79 Å². The van der Waals surface area contributed by atoms with Crippen molar-refractivity contribution in [3.63, 3.8) is 0 Å². The molecule has 0 fully saturated rings. The Morgan fingerprint density at radius 3 is 2.78 bits per heavy atom. The summed E-state index contributed by atoms with van der Waals surface area (Å²) < 4.78 is 0. The molecule has 0 spiro atoms. The summed E-state index contributed by atoms with van der Waals surface area (Å²) in [6.07, 6.45) is 7.06. The maximum absolute atomic E-state index is 11.5. The molecule has 18 heavy (non-hydrogen) atoms. The van der Waals surface area contributed by atoms with E-state index in [2.05, 4.69) is 22.8 Å². The van der Waals surface area contributed by atoms with Crippen LogP contribution in [0.15, 0.2) is 17.5 Å². The number of carbonyl (C=O) groups is 1. The molecule has 1 N–H and O–H groups in total. The van der Waals surface area contributed by atoms with Crippen molar-refractivity contribution in [2.75, 3.05) is 12.4 Å². The smallest absolute Gasteiger partial charge is 0.220 e. The summed E-state index contributed by atoms with van der Waals surface area (Å²) in [6, 6.07) is 4.18. The number of unbranched alkanes of at least 4 members (excludes halogenated alkanes) is 3. The monoisotopic (exact) mass is 287 g/mol. The van der Waals surface area contributed by atoms with Gasteiger partial charge in [0.05, 0.1) is 0 Å². The highest BCUT2D eigenvalue weighted by atomic mass is 35.5. The lowest BCUT2D eigenvalue weighted by molar-refractivity contribution is -0.121. The van der Waals surface area contributed by atoms with Gasteiger partial charge in [-0.2, -0.15) is 0 Å². The van der Waals surface area contributed by atoms with Crippen LogP contribution in [-0.2, 0) is 11.2 Å². The highest BCUT2D eigenvalue weighted by molar-refractivity contribution is 7.09. The number of aryl methyl sites for hydroxylation is 1. The molecule has 1 heterocycles. The molecule has 1 aromatic heterocycles. The molecule has 1 aromatic rings. The van der Waals surface area contributed by atoms with Gasteiger partial charge in [-0.15, -0.1) is 22.9 Å². The van der Waals surface area contributed by atoms with Crippen molar-refractivity contribution in [3.05, 3.63) is 22.4 Å². The zero-order chi connectivity index (χ0) is 13.1. The molecule has 4 heteroatoms. The van der Waals surface area contributed by atoms with E-state index in [-0.39, 0.29) is 5.91 Å². The molecular weight excluding hydrogens is 266 g/mol. The molecule has 2 nitrogen and oxygen atoms in total. The molecule has 0 aromatic carbocycles. The Morgan fingerprint density at radius 2 is 2.06 bits per heavy atom. The predicted octanol–water partition coefficient (Wildman–Crippen LogP) is 3.99. The van der Waals surface area contributed by atoms with Crippen LogP contribution in [0.2, 0.25) is 0 Å². The number of alkyl halides is 1. The van der Waals surface area contributed by atoms with Crippen LogP contribution >= 0.6 is 22.9 Å². The van der Waals surface area contributed by atoms with E-state index in [0.717, 1.165) is 50.9 Å². The van der Waals surface area contributed by atoms with Crippen molar-refractivity contribution in [1.82, 2.24) is 5.32 Å². The lowest BCUT2D eigenvalue weighted by Crippen LogP contribution is -2.24. The highest BCUT2D eigenvalue weighted by Gasteiger charge is 2.01. The van der Waals surface area contributed by atoms with Gasteiger partial charge in [-0.1, -0.05) is 18.9 Å². The lowest BCUT2D eigenvalue weighted by atomic mass is 10.2. The number of hydrogen-bond donors (Lipinski definition) is 1. The first-order chi connectivity index (χ1) is 8.83. The molecule has 0 aliphatic rings. The van der Waals surface area contributed by atoms with E-state index in [1.165, 1.54) is 4.88 Å². The summed E-state index contributed by atoms with van der Waals surface area (Å²) in [7, 11) is 0. The Kier molecular flexibility index (Phi) is 8.96. The molecule has 0 aliphatic carbocycles. The van der Waals surface area contributed by atoms with Gasteiger partial charge >= 0.3 is 0 Å². The molecule has 0 saturated heterocycles. The van der Waals surface area contributed by atoms with E-state index < -0.39 is 0 Å². The topological polar surface area (TPSA) is 29.1 Å². The van der Waals surface area contributed by atoms with E-state index in [1.807, 2.05) is 0 Å². The summed E-state index contributed by atoms with van der Waals surface area (Å²) in [6.45, 7) is 0.806. The Hall–Kier alpha value is -0.540. The number of nitrogens with one attached hydrogen (secondary N) is 1. The summed E-state index contributed by atoms with van der Waals surface area (Å²) >= 11 is 7.36. The van der Waals surface area contributed by atoms with Crippen LogP contribution in [0.3, 0.4) is 0 Å². The van der Waals surface area contributed by atoms with Crippen molar-refractivity contribution in [2.45, 2.75) is 44.9 Å². The van der Waals surface area contributed by atoms with Gasteiger partial charge in [-0.05, 0) is 37.1 Å². The minimum Gasteiger partial charge on any atom is -0.356 e. The molecule has 0 aliphatic heterocycles. The number of amides is 1.